The summed E-state index contributed by atoms with van der Waals surface area (Å²) in [7, 11) is 0. The summed E-state index contributed by atoms with van der Waals surface area (Å²) in [6.45, 7) is 5.74. The van der Waals surface area contributed by atoms with E-state index in [4.69, 9.17) is 4.74 Å². The Balaban J connectivity index is 1.65. The number of hydrogen-bond donors (Lipinski definition) is 1. The second kappa shape index (κ2) is 7.66. The lowest BCUT2D eigenvalue weighted by molar-refractivity contribution is -0.118. The van der Waals surface area contributed by atoms with Crippen LogP contribution in [0.25, 0.3) is 11.3 Å². The number of nitrogens with zero attached hydrogens (tertiary/aromatic N) is 1. The van der Waals surface area contributed by atoms with Gasteiger partial charge in [-0.1, -0.05) is 12.1 Å². The van der Waals surface area contributed by atoms with E-state index in [1.165, 1.54) is 23.5 Å². The number of aryl methyl sites for hydroxylation is 3. The normalized spacial score (nSPS) is 10.6. The lowest BCUT2D eigenvalue weighted by atomic mass is 10.1. The lowest BCUT2D eigenvalue weighted by Crippen LogP contribution is -2.20. The van der Waals surface area contributed by atoms with Crippen LogP contribution in [0.4, 0.5) is 9.52 Å². The first-order valence-corrected chi connectivity index (χ1v) is 8.97. The van der Waals surface area contributed by atoms with Gasteiger partial charge in [0.25, 0.3) is 5.91 Å². The Hall–Kier alpha value is -2.73. The van der Waals surface area contributed by atoms with Gasteiger partial charge in [0.1, 0.15) is 11.6 Å². The zero-order valence-electron chi connectivity index (χ0n) is 14.8. The fourth-order valence-electron chi connectivity index (χ4n) is 2.49. The molecule has 1 N–H and O–H groups in total. The maximum atomic E-state index is 13.1. The summed E-state index contributed by atoms with van der Waals surface area (Å²) in [5.74, 6) is 0.131. The molecule has 0 radical (unpaired) electrons. The smallest absolute Gasteiger partial charge is 0.264 e. The molecule has 0 aliphatic carbocycles. The SMILES string of the molecule is Cc1ccc(C)c(OCC(=O)Nc2nc(-c3ccc(F)cc3)c(C)s2)c1. The van der Waals surface area contributed by atoms with Gasteiger partial charge in [-0.05, 0) is 62.2 Å². The molecular weight excluding hydrogens is 351 g/mol. The third kappa shape index (κ3) is 4.26. The Morgan fingerprint density at radius 1 is 1.15 bits per heavy atom. The highest BCUT2D eigenvalue weighted by molar-refractivity contribution is 7.16. The van der Waals surface area contributed by atoms with E-state index in [1.54, 1.807) is 12.1 Å². The van der Waals surface area contributed by atoms with Crippen LogP contribution in [0.1, 0.15) is 16.0 Å². The number of hydrogen-bond acceptors (Lipinski definition) is 4. The molecule has 6 heteroatoms. The monoisotopic (exact) mass is 370 g/mol. The summed E-state index contributed by atoms with van der Waals surface area (Å²) in [5.41, 5.74) is 3.60. The first-order valence-electron chi connectivity index (χ1n) is 8.15. The summed E-state index contributed by atoms with van der Waals surface area (Å²) >= 11 is 1.38. The average Bonchev–Trinajstić information content (AvgIpc) is 2.96. The summed E-state index contributed by atoms with van der Waals surface area (Å²) in [6, 6.07) is 12.0. The van der Waals surface area contributed by atoms with Crippen molar-refractivity contribution in [2.24, 2.45) is 0 Å². The number of aromatic nitrogens is 1. The number of ether oxygens (including phenoxy) is 1. The van der Waals surface area contributed by atoms with Crippen molar-refractivity contribution in [1.82, 2.24) is 4.98 Å². The van der Waals surface area contributed by atoms with Gasteiger partial charge in [0, 0.05) is 10.4 Å². The van der Waals surface area contributed by atoms with Crippen LogP contribution < -0.4 is 10.1 Å². The molecule has 0 atom stereocenters. The highest BCUT2D eigenvalue weighted by Gasteiger charge is 2.13. The molecule has 0 aliphatic rings. The van der Waals surface area contributed by atoms with Crippen molar-refractivity contribution >= 4 is 22.4 Å². The van der Waals surface area contributed by atoms with Crippen molar-refractivity contribution in [2.45, 2.75) is 20.8 Å². The summed E-state index contributed by atoms with van der Waals surface area (Å²) in [5, 5.41) is 3.25. The first kappa shape index (κ1) is 18.1. The lowest BCUT2D eigenvalue weighted by Gasteiger charge is -2.09. The number of nitrogens with one attached hydrogen (secondary N) is 1. The highest BCUT2D eigenvalue weighted by atomic mass is 32.1. The molecule has 26 heavy (non-hydrogen) atoms. The fraction of sp³-hybridized carbons (Fsp3) is 0.200. The standard InChI is InChI=1S/C20H19FN2O2S/c1-12-4-5-13(2)17(10-12)25-11-18(24)22-20-23-19(14(3)26-20)15-6-8-16(21)9-7-15/h4-10H,11H2,1-3H3,(H,22,23,24). The van der Waals surface area contributed by atoms with Gasteiger partial charge in [-0.15, -0.1) is 11.3 Å². The van der Waals surface area contributed by atoms with E-state index in [0.29, 0.717) is 10.9 Å². The van der Waals surface area contributed by atoms with E-state index in [9.17, 15) is 9.18 Å². The molecule has 3 aromatic rings. The number of rotatable bonds is 5. The van der Waals surface area contributed by atoms with Gasteiger partial charge in [0.05, 0.1) is 5.69 Å². The van der Waals surface area contributed by atoms with Gasteiger partial charge in [-0.2, -0.15) is 0 Å². The van der Waals surface area contributed by atoms with Crippen molar-refractivity contribution in [3.05, 3.63) is 64.3 Å². The third-order valence-corrected chi connectivity index (χ3v) is 4.75. The Labute approximate surface area is 155 Å². The van der Waals surface area contributed by atoms with Crippen LogP contribution in [-0.2, 0) is 4.79 Å². The summed E-state index contributed by atoms with van der Waals surface area (Å²) in [4.78, 5) is 17.6. The molecule has 0 saturated heterocycles. The first-order chi connectivity index (χ1) is 12.4. The van der Waals surface area contributed by atoms with E-state index in [2.05, 4.69) is 10.3 Å². The molecular formula is C20H19FN2O2S. The van der Waals surface area contributed by atoms with Crippen LogP contribution >= 0.6 is 11.3 Å². The Morgan fingerprint density at radius 3 is 2.62 bits per heavy atom. The van der Waals surface area contributed by atoms with Crippen molar-refractivity contribution < 1.29 is 13.9 Å². The van der Waals surface area contributed by atoms with Crippen LogP contribution in [0.15, 0.2) is 42.5 Å². The quantitative estimate of drug-likeness (QED) is 0.695. The minimum absolute atomic E-state index is 0.0885. The van der Waals surface area contributed by atoms with Crippen molar-refractivity contribution in [3.63, 3.8) is 0 Å². The maximum absolute atomic E-state index is 13.1. The molecule has 0 fully saturated rings. The van der Waals surface area contributed by atoms with E-state index in [0.717, 1.165) is 27.3 Å². The molecule has 4 nitrogen and oxygen atoms in total. The van der Waals surface area contributed by atoms with Gasteiger partial charge < -0.3 is 4.74 Å². The van der Waals surface area contributed by atoms with Gasteiger partial charge >= 0.3 is 0 Å². The zero-order chi connectivity index (χ0) is 18.7. The van der Waals surface area contributed by atoms with Crippen LogP contribution in [0.3, 0.4) is 0 Å². The van der Waals surface area contributed by atoms with E-state index in [-0.39, 0.29) is 18.3 Å². The number of halogens is 1. The van der Waals surface area contributed by atoms with Crippen LogP contribution in [-0.4, -0.2) is 17.5 Å². The number of amides is 1. The molecule has 0 saturated carbocycles. The number of carbonyl (C=O) groups excluding carboxylic acids is 1. The fourth-order valence-corrected chi connectivity index (χ4v) is 3.34. The number of anilines is 1. The van der Waals surface area contributed by atoms with Crippen molar-refractivity contribution in [3.8, 4) is 17.0 Å². The molecule has 1 heterocycles. The highest BCUT2D eigenvalue weighted by Crippen LogP contribution is 2.30. The topological polar surface area (TPSA) is 51.2 Å². The molecule has 134 valence electrons. The molecule has 0 unspecified atom stereocenters. The summed E-state index contributed by atoms with van der Waals surface area (Å²) < 4.78 is 18.7. The molecule has 0 bridgehead atoms. The third-order valence-electron chi connectivity index (χ3n) is 3.86. The Morgan fingerprint density at radius 2 is 1.88 bits per heavy atom. The predicted molar refractivity (Wildman–Crippen MR) is 102 cm³/mol. The summed E-state index contributed by atoms with van der Waals surface area (Å²) in [6.07, 6.45) is 0. The molecule has 0 aliphatic heterocycles. The zero-order valence-corrected chi connectivity index (χ0v) is 15.6. The second-order valence-electron chi connectivity index (χ2n) is 6.04. The van der Waals surface area contributed by atoms with Crippen LogP contribution in [0.2, 0.25) is 0 Å². The minimum atomic E-state index is -0.293. The van der Waals surface area contributed by atoms with Gasteiger partial charge in [0.15, 0.2) is 11.7 Å². The van der Waals surface area contributed by atoms with Crippen LogP contribution in [0.5, 0.6) is 5.75 Å². The Kier molecular flexibility index (Phi) is 5.32. The van der Waals surface area contributed by atoms with Crippen molar-refractivity contribution in [1.29, 1.82) is 0 Å². The average molecular weight is 370 g/mol. The predicted octanol–water partition coefficient (Wildman–Crippen LogP) is 4.89. The van der Waals surface area contributed by atoms with E-state index < -0.39 is 0 Å². The van der Waals surface area contributed by atoms with Crippen molar-refractivity contribution in [2.75, 3.05) is 11.9 Å². The molecule has 0 spiro atoms. The van der Waals surface area contributed by atoms with Crippen LogP contribution in [0, 0.1) is 26.6 Å². The maximum Gasteiger partial charge on any atom is 0.264 e. The Bertz CT molecular complexity index is 935. The number of thiazole rings is 1. The molecule has 2 aromatic carbocycles. The second-order valence-corrected chi connectivity index (χ2v) is 7.24. The minimum Gasteiger partial charge on any atom is -0.483 e. The molecule has 1 aromatic heterocycles. The van der Waals surface area contributed by atoms with Gasteiger partial charge in [-0.25, -0.2) is 9.37 Å². The molecule has 1 amide bonds. The largest absolute Gasteiger partial charge is 0.483 e. The van der Waals surface area contributed by atoms with Gasteiger partial charge in [0.2, 0.25) is 0 Å². The van der Waals surface area contributed by atoms with E-state index >= 15 is 0 Å². The molecule has 3 rings (SSSR count). The number of carbonyl (C=O) groups is 1. The van der Waals surface area contributed by atoms with Gasteiger partial charge in [-0.3, -0.25) is 10.1 Å². The number of benzene rings is 2. The van der Waals surface area contributed by atoms with E-state index in [1.807, 2.05) is 39.0 Å².